The van der Waals surface area contributed by atoms with E-state index in [0.29, 0.717) is 0 Å². The van der Waals surface area contributed by atoms with Crippen LogP contribution in [0.5, 0.6) is 0 Å². The van der Waals surface area contributed by atoms with Crippen LogP contribution in [0.15, 0.2) is 0 Å². The van der Waals surface area contributed by atoms with Crippen LogP contribution in [0.1, 0.15) is 19.3 Å². The monoisotopic (exact) mass is 199 g/mol. The topological polar surface area (TPSA) is 86.6 Å². The number of hydrogen-bond acceptors (Lipinski definition) is 3. The zero-order valence-electron chi connectivity index (χ0n) is 7.64. The lowest BCUT2D eigenvalue weighted by Crippen LogP contribution is -2.40. The van der Waals surface area contributed by atoms with Crippen LogP contribution in [0, 0.1) is 23.7 Å². The van der Waals surface area contributed by atoms with Crippen LogP contribution in [0.3, 0.4) is 0 Å². The molecule has 2 rings (SSSR count). The van der Waals surface area contributed by atoms with Crippen molar-refractivity contribution in [2.75, 3.05) is 0 Å². The maximum Gasteiger partial charge on any atom is 0.307 e. The van der Waals surface area contributed by atoms with Gasteiger partial charge in [0.25, 0.3) is 0 Å². The second kappa shape index (κ2) is 3.24. The van der Waals surface area contributed by atoms with Crippen LogP contribution in [0.2, 0.25) is 0 Å². The van der Waals surface area contributed by atoms with Crippen molar-refractivity contribution in [3.05, 3.63) is 0 Å². The van der Waals surface area contributed by atoms with Gasteiger partial charge in [-0.1, -0.05) is 0 Å². The Morgan fingerprint density at radius 1 is 1.14 bits per heavy atom. The maximum absolute atomic E-state index is 11.3. The normalized spacial score (nSPS) is 39.8. The van der Waals surface area contributed by atoms with E-state index in [1.165, 1.54) is 0 Å². The Hall–Kier alpha value is -1.10. The van der Waals surface area contributed by atoms with Gasteiger partial charge in [0.2, 0.25) is 5.91 Å². The molecule has 14 heavy (non-hydrogen) atoms. The molecule has 0 radical (unpaired) electrons. The van der Waals surface area contributed by atoms with Crippen LogP contribution in [-0.4, -0.2) is 22.2 Å². The van der Waals surface area contributed by atoms with Crippen molar-refractivity contribution in [3.63, 3.8) is 0 Å². The summed E-state index contributed by atoms with van der Waals surface area (Å²) >= 11 is 0. The molecular weight excluding hydrogens is 186 g/mol. The summed E-state index contributed by atoms with van der Waals surface area (Å²) in [6.45, 7) is 0. The van der Waals surface area contributed by atoms with Gasteiger partial charge in [0.15, 0.2) is 0 Å². The van der Waals surface area contributed by atoms with E-state index in [1.54, 1.807) is 5.48 Å². The van der Waals surface area contributed by atoms with Gasteiger partial charge in [0.05, 0.1) is 11.8 Å². The number of aliphatic carboxylic acids is 1. The first-order chi connectivity index (χ1) is 6.65. The molecule has 2 saturated carbocycles. The van der Waals surface area contributed by atoms with Crippen LogP contribution in [0.4, 0.5) is 0 Å². The van der Waals surface area contributed by atoms with Crippen molar-refractivity contribution in [2.24, 2.45) is 23.7 Å². The van der Waals surface area contributed by atoms with Crippen molar-refractivity contribution in [1.29, 1.82) is 0 Å². The molecule has 3 N–H and O–H groups in total. The molecule has 2 fully saturated rings. The second-order valence-electron chi connectivity index (χ2n) is 4.20. The van der Waals surface area contributed by atoms with Gasteiger partial charge in [-0.15, -0.1) is 0 Å². The third-order valence-corrected chi connectivity index (χ3v) is 3.61. The van der Waals surface area contributed by atoms with E-state index in [9.17, 15) is 9.59 Å². The minimum Gasteiger partial charge on any atom is -0.481 e. The summed E-state index contributed by atoms with van der Waals surface area (Å²) in [5, 5.41) is 17.5. The van der Waals surface area contributed by atoms with Crippen molar-refractivity contribution in [2.45, 2.75) is 19.3 Å². The van der Waals surface area contributed by atoms with Gasteiger partial charge in [0.1, 0.15) is 0 Å². The number of hydroxylamine groups is 1. The van der Waals surface area contributed by atoms with Crippen LogP contribution in [-0.2, 0) is 9.59 Å². The largest absolute Gasteiger partial charge is 0.481 e. The van der Waals surface area contributed by atoms with E-state index < -0.39 is 23.7 Å². The van der Waals surface area contributed by atoms with Crippen LogP contribution >= 0.6 is 0 Å². The van der Waals surface area contributed by atoms with Crippen molar-refractivity contribution in [3.8, 4) is 0 Å². The molecule has 2 bridgehead atoms. The molecule has 0 aromatic rings. The Bertz CT molecular complexity index is 278. The SMILES string of the molecule is O=C(O)C1C2CCC(C2)C1C(=O)NO. The summed E-state index contributed by atoms with van der Waals surface area (Å²) in [4.78, 5) is 22.3. The summed E-state index contributed by atoms with van der Waals surface area (Å²) in [5.74, 6) is -2.31. The van der Waals surface area contributed by atoms with E-state index >= 15 is 0 Å². The van der Waals surface area contributed by atoms with Crippen molar-refractivity contribution >= 4 is 11.9 Å². The quantitative estimate of drug-likeness (QED) is 0.439. The molecule has 4 atom stereocenters. The average molecular weight is 199 g/mol. The minimum atomic E-state index is -0.911. The fraction of sp³-hybridized carbons (Fsp3) is 0.778. The summed E-state index contributed by atoms with van der Waals surface area (Å²) in [6.07, 6.45) is 2.62. The molecule has 0 aromatic carbocycles. The van der Waals surface area contributed by atoms with Crippen molar-refractivity contribution in [1.82, 2.24) is 5.48 Å². The molecule has 0 saturated heterocycles. The first-order valence-corrected chi connectivity index (χ1v) is 4.82. The van der Waals surface area contributed by atoms with E-state index in [4.69, 9.17) is 10.3 Å². The maximum atomic E-state index is 11.3. The standard InChI is InChI=1S/C9H13NO4/c11-8(10-14)6-4-1-2-5(3-4)7(6)9(12)13/h4-7,14H,1-3H2,(H,10,11)(H,12,13). The first kappa shape index (κ1) is 9.45. The Morgan fingerprint density at radius 2 is 1.71 bits per heavy atom. The molecular formula is C9H13NO4. The number of rotatable bonds is 2. The molecule has 78 valence electrons. The average Bonchev–Trinajstić information content (AvgIpc) is 2.74. The van der Waals surface area contributed by atoms with Gasteiger partial charge in [-0.05, 0) is 31.1 Å². The predicted molar refractivity (Wildman–Crippen MR) is 45.4 cm³/mol. The number of fused-ring (bicyclic) bond motifs is 2. The Morgan fingerprint density at radius 3 is 2.21 bits per heavy atom. The minimum absolute atomic E-state index is 0.125. The summed E-state index contributed by atoms with van der Waals surface area (Å²) < 4.78 is 0. The lowest BCUT2D eigenvalue weighted by atomic mass is 9.79. The third-order valence-electron chi connectivity index (χ3n) is 3.61. The predicted octanol–water partition coefficient (Wildman–Crippen LogP) is 0.239. The van der Waals surface area contributed by atoms with E-state index in [0.717, 1.165) is 19.3 Å². The highest BCUT2D eigenvalue weighted by molar-refractivity contribution is 5.85. The molecule has 0 spiro atoms. The molecule has 2 aliphatic carbocycles. The Kier molecular flexibility index (Phi) is 2.19. The van der Waals surface area contributed by atoms with E-state index in [2.05, 4.69) is 0 Å². The fourth-order valence-electron chi connectivity index (χ4n) is 3.10. The number of hydrogen-bond donors (Lipinski definition) is 3. The number of carboxylic acids is 1. The van der Waals surface area contributed by atoms with E-state index in [1.807, 2.05) is 0 Å². The van der Waals surface area contributed by atoms with Gasteiger partial charge in [-0.3, -0.25) is 14.8 Å². The van der Waals surface area contributed by atoms with Gasteiger partial charge in [0, 0.05) is 0 Å². The zero-order valence-corrected chi connectivity index (χ0v) is 7.64. The Balaban J connectivity index is 2.21. The molecule has 5 nitrogen and oxygen atoms in total. The molecule has 0 aromatic heterocycles. The molecule has 5 heteroatoms. The Labute approximate surface area is 81.1 Å². The number of carbonyl (C=O) groups is 2. The lowest BCUT2D eigenvalue weighted by Gasteiger charge is -2.25. The van der Waals surface area contributed by atoms with Crippen LogP contribution in [0.25, 0.3) is 0 Å². The smallest absolute Gasteiger partial charge is 0.307 e. The molecule has 0 heterocycles. The van der Waals surface area contributed by atoms with Gasteiger partial charge in [-0.2, -0.15) is 0 Å². The van der Waals surface area contributed by atoms with Crippen molar-refractivity contribution < 1.29 is 19.9 Å². The fourth-order valence-corrected chi connectivity index (χ4v) is 3.10. The number of nitrogens with one attached hydrogen (secondary N) is 1. The van der Waals surface area contributed by atoms with E-state index in [-0.39, 0.29) is 11.8 Å². The van der Waals surface area contributed by atoms with Gasteiger partial charge in [-0.25, -0.2) is 5.48 Å². The van der Waals surface area contributed by atoms with Gasteiger partial charge < -0.3 is 5.11 Å². The first-order valence-electron chi connectivity index (χ1n) is 4.82. The summed E-state index contributed by atoms with van der Waals surface area (Å²) in [6, 6.07) is 0. The molecule has 1 amide bonds. The third kappa shape index (κ3) is 1.19. The number of amides is 1. The molecule has 2 aliphatic rings. The van der Waals surface area contributed by atoms with Gasteiger partial charge >= 0.3 is 5.97 Å². The molecule has 0 aliphatic heterocycles. The summed E-state index contributed by atoms with van der Waals surface area (Å²) in [7, 11) is 0. The lowest BCUT2D eigenvalue weighted by molar-refractivity contribution is -0.151. The number of carboxylic acid groups (broad SMARTS) is 1. The highest BCUT2D eigenvalue weighted by atomic mass is 16.5. The van der Waals surface area contributed by atoms with Crippen LogP contribution < -0.4 is 5.48 Å². The highest BCUT2D eigenvalue weighted by Crippen LogP contribution is 2.52. The highest BCUT2D eigenvalue weighted by Gasteiger charge is 2.53. The summed E-state index contributed by atoms with van der Waals surface area (Å²) in [5.41, 5.74) is 1.57. The second-order valence-corrected chi connectivity index (χ2v) is 4.20. The number of carbonyl (C=O) groups excluding carboxylic acids is 1. The molecule has 4 unspecified atom stereocenters. The zero-order chi connectivity index (χ0) is 10.3.